The summed E-state index contributed by atoms with van der Waals surface area (Å²) in [5.74, 6) is 0.830. The van der Waals surface area contributed by atoms with Crippen LogP contribution >= 0.6 is 0 Å². The lowest BCUT2D eigenvalue weighted by Crippen LogP contribution is -2.47. The number of hydrogen-bond acceptors (Lipinski definition) is 5. The molecule has 1 fully saturated rings. The van der Waals surface area contributed by atoms with Crippen LogP contribution in [-0.2, 0) is 19.0 Å². The number of rotatable bonds is 9. The lowest BCUT2D eigenvalue weighted by Gasteiger charge is -2.43. The minimum atomic E-state index is -0.275. The maximum atomic E-state index is 11.0. The quantitative estimate of drug-likeness (QED) is 0.523. The molecule has 1 rings (SSSR count). The molecular weight excluding hydrogens is 284 g/mol. The third kappa shape index (κ3) is 6.23. The van der Waals surface area contributed by atoms with E-state index in [1.54, 1.807) is 0 Å². The fourth-order valence-electron chi connectivity index (χ4n) is 2.83. The minimum Gasteiger partial charge on any atom is -0.463 e. The Hall–Kier alpha value is -0.650. The molecule has 22 heavy (non-hydrogen) atoms. The molecule has 0 aromatic rings. The lowest BCUT2D eigenvalue weighted by atomic mass is 9.79. The van der Waals surface area contributed by atoms with Gasteiger partial charge >= 0.3 is 5.97 Å². The second kappa shape index (κ2) is 10.2. The highest BCUT2D eigenvalue weighted by atomic mass is 16.7. The molecule has 0 radical (unpaired) electrons. The second-order valence-corrected chi connectivity index (χ2v) is 6.43. The van der Waals surface area contributed by atoms with Crippen LogP contribution in [0.25, 0.3) is 0 Å². The van der Waals surface area contributed by atoms with E-state index < -0.39 is 0 Å². The third-order valence-electron chi connectivity index (χ3n) is 4.77. The molecule has 1 aliphatic rings. The maximum absolute atomic E-state index is 11.0. The molecule has 5 atom stereocenters. The van der Waals surface area contributed by atoms with Gasteiger partial charge in [-0.25, -0.2) is 0 Å². The average molecular weight is 316 g/mol. The van der Waals surface area contributed by atoms with Crippen LogP contribution in [0.15, 0.2) is 0 Å². The summed E-state index contributed by atoms with van der Waals surface area (Å²) < 4.78 is 17.0. The zero-order chi connectivity index (χ0) is 16.5. The number of ether oxygens (including phenoxy) is 3. The Kier molecular flexibility index (Phi) is 8.98. The normalized spacial score (nSPS) is 32.0. The summed E-state index contributed by atoms with van der Waals surface area (Å²) in [5.41, 5.74) is 0. The standard InChI is InChI=1S/C17H32O5/c1-12-13(2)16(11-21-15(4)19)22-17(14(12)3)20-10-8-6-5-7-9-18/h12-14,16-18H,5-11H2,1-4H3/t12-,13+,14?,16?,17+/m0/s1. The first-order valence-electron chi connectivity index (χ1n) is 8.48. The van der Waals surface area contributed by atoms with E-state index >= 15 is 0 Å². The molecule has 0 saturated carbocycles. The summed E-state index contributed by atoms with van der Waals surface area (Å²) in [6.45, 7) is 9.14. The highest BCUT2D eigenvalue weighted by Crippen LogP contribution is 2.35. The van der Waals surface area contributed by atoms with Crippen LogP contribution in [0, 0.1) is 17.8 Å². The summed E-state index contributed by atoms with van der Waals surface area (Å²) in [5, 5.41) is 8.75. The van der Waals surface area contributed by atoms with Crippen molar-refractivity contribution in [1.82, 2.24) is 0 Å². The molecule has 1 saturated heterocycles. The smallest absolute Gasteiger partial charge is 0.302 e. The molecule has 0 aromatic carbocycles. The van der Waals surface area contributed by atoms with Crippen molar-refractivity contribution in [3.05, 3.63) is 0 Å². The largest absolute Gasteiger partial charge is 0.463 e. The number of aliphatic hydroxyl groups excluding tert-OH is 1. The number of unbranched alkanes of at least 4 members (excludes halogenated alkanes) is 3. The Morgan fingerprint density at radius 1 is 1.05 bits per heavy atom. The molecule has 130 valence electrons. The van der Waals surface area contributed by atoms with E-state index in [1.165, 1.54) is 6.92 Å². The van der Waals surface area contributed by atoms with E-state index in [0.717, 1.165) is 25.7 Å². The predicted molar refractivity (Wildman–Crippen MR) is 84.3 cm³/mol. The van der Waals surface area contributed by atoms with Gasteiger partial charge in [-0.3, -0.25) is 4.79 Å². The van der Waals surface area contributed by atoms with E-state index in [4.69, 9.17) is 19.3 Å². The van der Waals surface area contributed by atoms with Crippen LogP contribution in [0.5, 0.6) is 0 Å². The zero-order valence-electron chi connectivity index (χ0n) is 14.4. The monoisotopic (exact) mass is 316 g/mol. The molecule has 2 unspecified atom stereocenters. The molecule has 0 aliphatic carbocycles. The van der Waals surface area contributed by atoms with Crippen LogP contribution in [0.2, 0.25) is 0 Å². The fourth-order valence-corrected chi connectivity index (χ4v) is 2.83. The van der Waals surface area contributed by atoms with Gasteiger partial charge in [0.2, 0.25) is 0 Å². The van der Waals surface area contributed by atoms with Gasteiger partial charge in [0, 0.05) is 26.1 Å². The van der Waals surface area contributed by atoms with Crippen molar-refractivity contribution in [2.24, 2.45) is 17.8 Å². The first kappa shape index (κ1) is 19.4. The Labute approximate surface area is 134 Å². The van der Waals surface area contributed by atoms with Crippen molar-refractivity contribution >= 4 is 5.97 Å². The zero-order valence-corrected chi connectivity index (χ0v) is 14.4. The minimum absolute atomic E-state index is 0.102. The molecule has 0 bridgehead atoms. The fraction of sp³-hybridized carbons (Fsp3) is 0.941. The summed E-state index contributed by atoms with van der Waals surface area (Å²) in [6, 6.07) is 0. The van der Waals surface area contributed by atoms with Crippen molar-refractivity contribution in [2.75, 3.05) is 19.8 Å². The molecule has 5 heteroatoms. The summed E-state index contributed by atoms with van der Waals surface area (Å²) in [4.78, 5) is 11.0. The van der Waals surface area contributed by atoms with Crippen LogP contribution in [0.3, 0.4) is 0 Å². The highest BCUT2D eigenvalue weighted by molar-refractivity contribution is 5.65. The number of aliphatic hydroxyl groups is 1. The molecule has 5 nitrogen and oxygen atoms in total. The number of carbonyl (C=O) groups excluding carboxylic acids is 1. The number of carbonyl (C=O) groups is 1. The molecule has 0 aromatic heterocycles. The molecule has 1 aliphatic heterocycles. The maximum Gasteiger partial charge on any atom is 0.302 e. The van der Waals surface area contributed by atoms with Gasteiger partial charge in [0.15, 0.2) is 6.29 Å². The van der Waals surface area contributed by atoms with Crippen molar-refractivity contribution in [2.45, 2.75) is 65.8 Å². The summed E-state index contributed by atoms with van der Waals surface area (Å²) >= 11 is 0. The highest BCUT2D eigenvalue weighted by Gasteiger charge is 2.39. The molecular formula is C17H32O5. The predicted octanol–water partition coefficient (Wildman–Crippen LogP) is 2.75. The van der Waals surface area contributed by atoms with E-state index in [0.29, 0.717) is 31.0 Å². The first-order valence-corrected chi connectivity index (χ1v) is 8.48. The number of hydrogen-bond donors (Lipinski definition) is 1. The average Bonchev–Trinajstić information content (AvgIpc) is 2.49. The van der Waals surface area contributed by atoms with E-state index in [1.807, 2.05) is 0 Å². The molecule has 1 heterocycles. The second-order valence-electron chi connectivity index (χ2n) is 6.43. The van der Waals surface area contributed by atoms with E-state index in [2.05, 4.69) is 20.8 Å². The molecule has 0 spiro atoms. The van der Waals surface area contributed by atoms with Crippen molar-refractivity contribution in [3.63, 3.8) is 0 Å². The summed E-state index contributed by atoms with van der Waals surface area (Å²) in [6.07, 6.45) is 3.59. The Balaban J connectivity index is 2.38. The first-order chi connectivity index (χ1) is 10.5. The van der Waals surface area contributed by atoms with Gasteiger partial charge in [0.25, 0.3) is 0 Å². The van der Waals surface area contributed by atoms with Gasteiger partial charge in [-0.15, -0.1) is 0 Å². The van der Waals surface area contributed by atoms with Gasteiger partial charge in [-0.05, 0) is 24.7 Å². The van der Waals surface area contributed by atoms with Gasteiger partial charge in [0.1, 0.15) is 6.61 Å². The van der Waals surface area contributed by atoms with Crippen molar-refractivity contribution in [1.29, 1.82) is 0 Å². The number of esters is 1. The summed E-state index contributed by atoms with van der Waals surface area (Å²) in [7, 11) is 0. The molecule has 1 N–H and O–H groups in total. The lowest BCUT2D eigenvalue weighted by molar-refractivity contribution is -0.255. The van der Waals surface area contributed by atoms with Crippen molar-refractivity contribution < 1.29 is 24.1 Å². The van der Waals surface area contributed by atoms with Gasteiger partial charge in [0.05, 0.1) is 6.10 Å². The van der Waals surface area contributed by atoms with E-state index in [-0.39, 0.29) is 25.0 Å². The van der Waals surface area contributed by atoms with Crippen LogP contribution in [0.1, 0.15) is 53.4 Å². The topological polar surface area (TPSA) is 65.0 Å². The Morgan fingerprint density at radius 3 is 2.36 bits per heavy atom. The van der Waals surface area contributed by atoms with Gasteiger partial charge < -0.3 is 19.3 Å². The van der Waals surface area contributed by atoms with E-state index in [9.17, 15) is 4.79 Å². The molecule has 0 amide bonds. The van der Waals surface area contributed by atoms with Crippen LogP contribution in [-0.4, -0.2) is 43.3 Å². The van der Waals surface area contributed by atoms with Crippen LogP contribution < -0.4 is 0 Å². The Bertz CT molecular complexity index is 320. The van der Waals surface area contributed by atoms with Gasteiger partial charge in [-0.1, -0.05) is 33.6 Å². The van der Waals surface area contributed by atoms with Crippen LogP contribution in [0.4, 0.5) is 0 Å². The third-order valence-corrected chi connectivity index (χ3v) is 4.77. The Morgan fingerprint density at radius 2 is 1.73 bits per heavy atom. The van der Waals surface area contributed by atoms with Gasteiger partial charge in [-0.2, -0.15) is 0 Å². The SMILES string of the molecule is CC(=O)OCC1O[C@@H](OCCCCCCO)C(C)[C@@H](C)[C@H]1C. The van der Waals surface area contributed by atoms with Crippen molar-refractivity contribution in [3.8, 4) is 0 Å².